The van der Waals surface area contributed by atoms with Gasteiger partial charge in [0, 0.05) is 59.3 Å². The summed E-state index contributed by atoms with van der Waals surface area (Å²) in [6.45, 7) is 17.8. The highest BCUT2D eigenvalue weighted by molar-refractivity contribution is 6.31. The zero-order chi connectivity index (χ0) is 48.7. The summed E-state index contributed by atoms with van der Waals surface area (Å²) in [7, 11) is 0. The lowest BCUT2D eigenvalue weighted by Gasteiger charge is -2.63. The summed E-state index contributed by atoms with van der Waals surface area (Å²) >= 11 is 6.25. The molecule has 15 heteroatoms. The Balaban J connectivity index is 0.743. The molecule has 2 aromatic heterocycles. The van der Waals surface area contributed by atoms with E-state index in [1.807, 2.05) is 48.5 Å². The number of rotatable bonds is 18. The summed E-state index contributed by atoms with van der Waals surface area (Å²) in [5, 5.41) is 16.8. The number of halogens is 1. The molecule has 3 aliphatic rings. The Bertz CT molecular complexity index is 2640. The molecule has 0 bridgehead atoms. The fraction of sp³-hybridized carbons (Fsp3) is 0.481. The first-order valence-electron chi connectivity index (χ1n) is 24.4. The number of ether oxygens (including phenoxy) is 4. The van der Waals surface area contributed by atoms with E-state index in [9.17, 15) is 14.9 Å². The van der Waals surface area contributed by atoms with E-state index in [2.05, 4.69) is 68.0 Å². The van der Waals surface area contributed by atoms with Gasteiger partial charge in [0.2, 0.25) is 5.95 Å². The molecule has 3 fully saturated rings. The van der Waals surface area contributed by atoms with Gasteiger partial charge in [-0.2, -0.15) is 15.2 Å². The van der Waals surface area contributed by atoms with E-state index in [4.69, 9.17) is 45.5 Å². The standard InChI is InChI=1S/C54H65ClN8O6/c1-35-33-66-28-25-62(35)47-43-22-23-45(58-46(43)59-52(60-47)63-26-29-67-34-36(63)2)38-14-13-15-39(30-38)48(64)57-24-11-9-7-8-10-12-27-68-41-19-16-37(17-20-41)49(65)61-50-53(3,4)51(54(50,5)6)69-42-21-18-40(32-56)44(55)31-42/h13-23,30-31,35-36,50-51H,7-12,24-29,33-34H2,1-6H3,(H,57,64)(H,61,65)/t35-,36-,50?,51?/m1/s1. The maximum Gasteiger partial charge on any atom is 0.251 e. The molecule has 2 amide bonds. The van der Waals surface area contributed by atoms with Crippen LogP contribution in [0.5, 0.6) is 11.5 Å². The van der Waals surface area contributed by atoms with Crippen molar-refractivity contribution in [3.63, 3.8) is 0 Å². The first kappa shape index (κ1) is 49.4. The molecule has 8 rings (SSSR count). The minimum Gasteiger partial charge on any atom is -0.494 e. The first-order valence-corrected chi connectivity index (χ1v) is 24.8. The number of hydrogen-bond acceptors (Lipinski definition) is 12. The number of pyridine rings is 1. The summed E-state index contributed by atoms with van der Waals surface area (Å²) in [4.78, 5) is 46.3. The molecule has 14 nitrogen and oxygen atoms in total. The molecule has 2 aliphatic heterocycles. The van der Waals surface area contributed by atoms with Crippen molar-refractivity contribution in [2.45, 2.75) is 104 Å². The molecule has 364 valence electrons. The van der Waals surface area contributed by atoms with Crippen LogP contribution in [-0.4, -0.2) is 104 Å². The van der Waals surface area contributed by atoms with Crippen LogP contribution in [0.25, 0.3) is 22.3 Å². The van der Waals surface area contributed by atoms with Crippen LogP contribution in [0.3, 0.4) is 0 Å². The molecule has 69 heavy (non-hydrogen) atoms. The molecular formula is C54H65ClN8O6. The zero-order valence-electron chi connectivity index (χ0n) is 40.7. The second kappa shape index (κ2) is 21.7. The van der Waals surface area contributed by atoms with E-state index in [1.165, 1.54) is 0 Å². The van der Waals surface area contributed by atoms with Crippen LogP contribution in [-0.2, 0) is 9.47 Å². The smallest absolute Gasteiger partial charge is 0.251 e. The van der Waals surface area contributed by atoms with E-state index < -0.39 is 0 Å². The molecule has 5 aromatic rings. The van der Waals surface area contributed by atoms with Crippen molar-refractivity contribution >= 4 is 46.2 Å². The van der Waals surface area contributed by atoms with E-state index in [1.54, 1.807) is 30.3 Å². The zero-order valence-corrected chi connectivity index (χ0v) is 41.5. The lowest BCUT2D eigenvalue weighted by atomic mass is 9.49. The number of fused-ring (bicyclic) bond motifs is 1. The van der Waals surface area contributed by atoms with Gasteiger partial charge in [-0.15, -0.1) is 0 Å². The maximum atomic E-state index is 13.4. The number of unbranched alkanes of at least 4 members (excludes halogenated alkanes) is 5. The average molecular weight is 958 g/mol. The summed E-state index contributed by atoms with van der Waals surface area (Å²) in [6.07, 6.45) is 5.89. The lowest BCUT2D eigenvalue weighted by Crippen LogP contribution is -2.74. The van der Waals surface area contributed by atoms with Gasteiger partial charge in [-0.1, -0.05) is 77.1 Å². The third-order valence-electron chi connectivity index (χ3n) is 13.9. The number of anilines is 2. The Morgan fingerprint density at radius 3 is 2.16 bits per heavy atom. The molecule has 3 aromatic carbocycles. The third-order valence-corrected chi connectivity index (χ3v) is 14.2. The second-order valence-electron chi connectivity index (χ2n) is 19.8. The van der Waals surface area contributed by atoms with Gasteiger partial charge < -0.3 is 39.4 Å². The second-order valence-corrected chi connectivity index (χ2v) is 20.2. The highest BCUT2D eigenvalue weighted by Gasteiger charge is 2.64. The van der Waals surface area contributed by atoms with Gasteiger partial charge in [-0.05, 0) is 87.4 Å². The van der Waals surface area contributed by atoms with Crippen molar-refractivity contribution in [1.29, 1.82) is 5.26 Å². The fourth-order valence-corrected chi connectivity index (χ4v) is 10.5. The SMILES string of the molecule is C[C@@H]1COCCN1c1nc(N2CCOC[C@H]2C)c2ccc(-c3cccc(C(=O)NCCCCCCCCOc4ccc(C(=O)NC5C(C)(C)C(Oc6ccc(C#N)c(Cl)c6)C5(C)C)cc4)c3)nc2n1. The number of nitrogens with one attached hydrogen (secondary N) is 2. The number of carbonyl (C=O) groups excluding carboxylic acids is 2. The molecule has 0 radical (unpaired) electrons. The topological polar surface area (TPSA) is 164 Å². The molecule has 0 unspecified atom stereocenters. The normalized spacial score (nSPS) is 20.7. The van der Waals surface area contributed by atoms with Gasteiger partial charge in [0.05, 0.1) is 66.8 Å². The Morgan fingerprint density at radius 2 is 1.46 bits per heavy atom. The van der Waals surface area contributed by atoms with Crippen LogP contribution in [0.1, 0.15) is 106 Å². The fourth-order valence-electron chi connectivity index (χ4n) is 10.3. The van der Waals surface area contributed by atoms with Crippen molar-refractivity contribution < 1.29 is 28.5 Å². The molecular weight excluding hydrogens is 892 g/mol. The minimum atomic E-state index is -0.356. The average Bonchev–Trinajstić information content (AvgIpc) is 3.35. The molecule has 1 aliphatic carbocycles. The number of aromatic nitrogens is 3. The Hall–Kier alpha value is -6.01. The van der Waals surface area contributed by atoms with E-state index in [0.717, 1.165) is 73.3 Å². The number of benzene rings is 3. The van der Waals surface area contributed by atoms with Crippen LogP contribution in [0.2, 0.25) is 5.02 Å². The lowest BCUT2D eigenvalue weighted by molar-refractivity contribution is -0.164. The number of carbonyl (C=O) groups is 2. The molecule has 2 saturated heterocycles. The van der Waals surface area contributed by atoms with Crippen molar-refractivity contribution in [1.82, 2.24) is 25.6 Å². The minimum absolute atomic E-state index is 0.101. The van der Waals surface area contributed by atoms with Crippen LogP contribution in [0.15, 0.2) is 78.9 Å². The Labute approximate surface area is 411 Å². The van der Waals surface area contributed by atoms with Gasteiger partial charge in [-0.25, -0.2) is 4.98 Å². The third kappa shape index (κ3) is 11.2. The monoisotopic (exact) mass is 956 g/mol. The number of hydrogen-bond donors (Lipinski definition) is 2. The van der Waals surface area contributed by atoms with Gasteiger partial charge in [0.15, 0.2) is 5.65 Å². The molecule has 2 atom stereocenters. The number of nitriles is 1. The quantitative estimate of drug-likeness (QED) is 0.0801. The van der Waals surface area contributed by atoms with E-state index in [-0.39, 0.29) is 46.9 Å². The molecule has 2 N–H and O–H groups in total. The first-order chi connectivity index (χ1) is 33.2. The predicted molar refractivity (Wildman–Crippen MR) is 269 cm³/mol. The number of amides is 2. The van der Waals surface area contributed by atoms with E-state index in [0.29, 0.717) is 85.2 Å². The predicted octanol–water partition coefficient (Wildman–Crippen LogP) is 9.43. The van der Waals surface area contributed by atoms with Crippen molar-refractivity contribution in [2.75, 3.05) is 62.5 Å². The van der Waals surface area contributed by atoms with Crippen LogP contribution in [0, 0.1) is 22.2 Å². The van der Waals surface area contributed by atoms with Gasteiger partial charge in [0.1, 0.15) is 29.5 Å². The summed E-state index contributed by atoms with van der Waals surface area (Å²) in [6, 6.07) is 26.3. The molecule has 1 saturated carbocycles. The highest BCUT2D eigenvalue weighted by Crippen LogP contribution is 2.55. The molecule has 4 heterocycles. The largest absolute Gasteiger partial charge is 0.494 e. The number of morpholine rings is 2. The van der Waals surface area contributed by atoms with Crippen molar-refractivity contribution in [2.24, 2.45) is 10.8 Å². The highest BCUT2D eigenvalue weighted by atomic mass is 35.5. The van der Waals surface area contributed by atoms with Crippen LogP contribution >= 0.6 is 11.6 Å². The van der Waals surface area contributed by atoms with Crippen LogP contribution < -0.4 is 29.9 Å². The Kier molecular flexibility index (Phi) is 15.6. The van der Waals surface area contributed by atoms with Gasteiger partial charge in [0.25, 0.3) is 11.8 Å². The molecule has 0 spiro atoms. The van der Waals surface area contributed by atoms with Crippen molar-refractivity contribution in [3.8, 4) is 28.8 Å². The van der Waals surface area contributed by atoms with Crippen LogP contribution in [0.4, 0.5) is 11.8 Å². The van der Waals surface area contributed by atoms with Gasteiger partial charge >= 0.3 is 0 Å². The van der Waals surface area contributed by atoms with E-state index >= 15 is 0 Å². The van der Waals surface area contributed by atoms with Gasteiger partial charge in [-0.3, -0.25) is 9.59 Å². The Morgan fingerprint density at radius 1 is 0.783 bits per heavy atom. The number of nitrogens with zero attached hydrogens (tertiary/aromatic N) is 6. The summed E-state index contributed by atoms with van der Waals surface area (Å²) in [5.74, 6) is 2.60. The summed E-state index contributed by atoms with van der Waals surface area (Å²) < 4.78 is 23.8. The summed E-state index contributed by atoms with van der Waals surface area (Å²) in [5.41, 5.74) is 3.06. The van der Waals surface area contributed by atoms with Crippen molar-refractivity contribution in [3.05, 3.63) is 101 Å². The maximum absolute atomic E-state index is 13.4.